The van der Waals surface area contributed by atoms with E-state index in [2.05, 4.69) is 38.3 Å². The molecule has 2 N–H and O–H groups in total. The van der Waals surface area contributed by atoms with E-state index in [1.54, 1.807) is 43.9 Å². The molecular formula is C25H22FN7O2. The number of esters is 1. The third-order valence-corrected chi connectivity index (χ3v) is 5.86. The van der Waals surface area contributed by atoms with Crippen LogP contribution in [0.1, 0.15) is 13.0 Å². The number of carbonyl (C=O) groups excluding carboxylic acids is 1. The molecule has 0 aliphatic carbocycles. The molecule has 0 saturated carbocycles. The Morgan fingerprint density at radius 2 is 2.03 bits per heavy atom. The zero-order valence-electron chi connectivity index (χ0n) is 18.9. The Bertz CT molecular complexity index is 1550. The SMILES string of the molecule is C=C[C@H]([C@@H](C=C)C(=O)OCC)n1cc(-c2cn[nH]c2)c2cnc(-c3c[nH]c4ncc(F)cc34)nc21. The number of ether oxygens (including phenoxy) is 1. The van der Waals surface area contributed by atoms with Gasteiger partial charge in [-0.15, -0.1) is 13.2 Å². The number of allylic oxidation sites excluding steroid dienone is 1. The van der Waals surface area contributed by atoms with Gasteiger partial charge in [0.25, 0.3) is 0 Å². The minimum atomic E-state index is -0.690. The highest BCUT2D eigenvalue weighted by Crippen LogP contribution is 2.35. The van der Waals surface area contributed by atoms with E-state index in [0.29, 0.717) is 28.1 Å². The number of hydrogen-bond acceptors (Lipinski definition) is 6. The minimum Gasteiger partial charge on any atom is -0.465 e. The zero-order chi connectivity index (χ0) is 24.5. The topological polar surface area (TPSA) is 114 Å². The molecule has 0 aliphatic heterocycles. The van der Waals surface area contributed by atoms with Crippen LogP contribution in [-0.2, 0) is 9.53 Å². The zero-order valence-corrected chi connectivity index (χ0v) is 18.9. The van der Waals surface area contributed by atoms with Gasteiger partial charge in [-0.3, -0.25) is 9.89 Å². The van der Waals surface area contributed by atoms with Gasteiger partial charge in [-0.25, -0.2) is 19.3 Å². The molecule has 176 valence electrons. The number of aromatic nitrogens is 7. The molecule has 5 rings (SSSR count). The lowest BCUT2D eigenvalue weighted by Gasteiger charge is -2.22. The second kappa shape index (κ2) is 8.98. The number of nitrogens with one attached hydrogen (secondary N) is 2. The summed E-state index contributed by atoms with van der Waals surface area (Å²) >= 11 is 0. The highest BCUT2D eigenvalue weighted by atomic mass is 19.1. The number of fused-ring (bicyclic) bond motifs is 2. The maximum atomic E-state index is 13.9. The average molecular weight is 471 g/mol. The van der Waals surface area contributed by atoms with Crippen molar-refractivity contribution in [2.45, 2.75) is 13.0 Å². The summed E-state index contributed by atoms with van der Waals surface area (Å²) in [4.78, 5) is 29.2. The molecule has 0 spiro atoms. The predicted octanol–water partition coefficient (Wildman–Crippen LogP) is 4.60. The van der Waals surface area contributed by atoms with Crippen molar-refractivity contribution in [1.82, 2.24) is 34.7 Å². The van der Waals surface area contributed by atoms with Crippen LogP contribution in [0.2, 0.25) is 0 Å². The van der Waals surface area contributed by atoms with E-state index in [1.807, 2.05) is 10.8 Å². The van der Waals surface area contributed by atoms with Crippen molar-refractivity contribution in [1.29, 1.82) is 0 Å². The van der Waals surface area contributed by atoms with Crippen molar-refractivity contribution in [2.24, 2.45) is 5.92 Å². The number of H-pyrrole nitrogens is 2. The van der Waals surface area contributed by atoms with Gasteiger partial charge in [0.15, 0.2) is 5.82 Å². The van der Waals surface area contributed by atoms with Crippen molar-refractivity contribution < 1.29 is 13.9 Å². The molecule has 35 heavy (non-hydrogen) atoms. The van der Waals surface area contributed by atoms with Crippen molar-refractivity contribution >= 4 is 28.0 Å². The summed E-state index contributed by atoms with van der Waals surface area (Å²) in [5.74, 6) is -1.18. The summed E-state index contributed by atoms with van der Waals surface area (Å²) in [7, 11) is 0. The fourth-order valence-electron chi connectivity index (χ4n) is 4.22. The molecule has 2 atom stereocenters. The summed E-state index contributed by atoms with van der Waals surface area (Å²) in [5, 5.41) is 8.18. The largest absolute Gasteiger partial charge is 0.465 e. The lowest BCUT2D eigenvalue weighted by atomic mass is 10.00. The minimum absolute atomic E-state index is 0.247. The Hall–Kier alpha value is -4.60. The standard InChI is InChI=1S/C25H22FN7O2/c1-4-16(25(34)35-6-3)21(5-2)33-13-20(14-8-30-31-9-14)19-12-29-23(32-24(19)33)18-11-28-22-17(18)7-15(26)10-27-22/h4-5,7-13,16,21H,1-2,6H2,3H3,(H,27,28)(H,30,31)/t16-,21-/m1/s1. The molecule has 0 radical (unpaired) electrons. The third-order valence-electron chi connectivity index (χ3n) is 5.86. The summed E-state index contributed by atoms with van der Waals surface area (Å²) in [6.45, 7) is 9.80. The van der Waals surface area contributed by atoms with E-state index >= 15 is 0 Å². The van der Waals surface area contributed by atoms with Gasteiger partial charge >= 0.3 is 5.97 Å². The smallest absolute Gasteiger partial charge is 0.315 e. The summed E-state index contributed by atoms with van der Waals surface area (Å²) in [5.41, 5.74) is 3.35. The van der Waals surface area contributed by atoms with E-state index in [-0.39, 0.29) is 6.61 Å². The number of nitrogens with zero attached hydrogens (tertiary/aromatic N) is 5. The molecule has 0 aliphatic rings. The highest BCUT2D eigenvalue weighted by molar-refractivity contribution is 5.96. The van der Waals surface area contributed by atoms with E-state index in [4.69, 9.17) is 9.72 Å². The fourth-order valence-corrected chi connectivity index (χ4v) is 4.22. The maximum Gasteiger partial charge on any atom is 0.315 e. The van der Waals surface area contributed by atoms with Gasteiger partial charge < -0.3 is 14.3 Å². The Morgan fingerprint density at radius 3 is 2.74 bits per heavy atom. The Labute approximate surface area is 199 Å². The van der Waals surface area contributed by atoms with Gasteiger partial charge in [0.05, 0.1) is 31.0 Å². The first kappa shape index (κ1) is 22.2. The quantitative estimate of drug-likeness (QED) is 0.253. The van der Waals surface area contributed by atoms with Gasteiger partial charge in [0.1, 0.15) is 17.1 Å². The maximum absolute atomic E-state index is 13.9. The Kier molecular flexibility index (Phi) is 5.69. The molecule has 0 fully saturated rings. The molecule has 10 heteroatoms. The molecule has 5 heterocycles. The number of pyridine rings is 1. The predicted molar refractivity (Wildman–Crippen MR) is 130 cm³/mol. The molecule has 0 amide bonds. The number of aromatic amines is 2. The van der Waals surface area contributed by atoms with Gasteiger partial charge in [-0.2, -0.15) is 5.10 Å². The van der Waals surface area contributed by atoms with Gasteiger partial charge in [0, 0.05) is 52.3 Å². The monoisotopic (exact) mass is 471 g/mol. The molecular weight excluding hydrogens is 449 g/mol. The lowest BCUT2D eigenvalue weighted by molar-refractivity contribution is -0.147. The Balaban J connectivity index is 1.73. The van der Waals surface area contributed by atoms with Crippen LogP contribution in [0, 0.1) is 11.7 Å². The van der Waals surface area contributed by atoms with Crippen LogP contribution in [0.3, 0.4) is 0 Å². The van der Waals surface area contributed by atoms with E-state index in [9.17, 15) is 9.18 Å². The van der Waals surface area contributed by atoms with E-state index in [1.165, 1.54) is 6.07 Å². The number of halogens is 1. The van der Waals surface area contributed by atoms with Crippen LogP contribution in [-0.4, -0.2) is 47.3 Å². The summed E-state index contributed by atoms with van der Waals surface area (Å²) in [6.07, 6.45) is 13.1. The van der Waals surface area contributed by atoms with E-state index < -0.39 is 23.7 Å². The molecule has 0 unspecified atom stereocenters. The van der Waals surface area contributed by atoms with Crippen LogP contribution >= 0.6 is 0 Å². The van der Waals surface area contributed by atoms with Crippen molar-refractivity contribution in [2.75, 3.05) is 6.61 Å². The molecule has 0 bridgehead atoms. The highest BCUT2D eigenvalue weighted by Gasteiger charge is 2.29. The van der Waals surface area contributed by atoms with Crippen LogP contribution < -0.4 is 0 Å². The molecule has 5 aromatic rings. The second-order valence-corrected chi connectivity index (χ2v) is 7.86. The van der Waals surface area contributed by atoms with Crippen molar-refractivity contribution in [3.05, 3.63) is 74.4 Å². The average Bonchev–Trinajstić information content (AvgIpc) is 3.60. The van der Waals surface area contributed by atoms with Gasteiger partial charge in [0.2, 0.25) is 0 Å². The van der Waals surface area contributed by atoms with Crippen LogP contribution in [0.4, 0.5) is 4.39 Å². The third kappa shape index (κ3) is 3.78. The molecule has 0 aromatic carbocycles. The van der Waals surface area contributed by atoms with Crippen LogP contribution in [0.15, 0.2) is 68.6 Å². The second-order valence-electron chi connectivity index (χ2n) is 7.86. The number of rotatable bonds is 8. The van der Waals surface area contributed by atoms with Gasteiger partial charge in [-0.1, -0.05) is 12.2 Å². The van der Waals surface area contributed by atoms with Gasteiger partial charge in [-0.05, 0) is 13.0 Å². The Morgan fingerprint density at radius 1 is 1.17 bits per heavy atom. The van der Waals surface area contributed by atoms with Crippen molar-refractivity contribution in [3.8, 4) is 22.5 Å². The molecule has 5 aromatic heterocycles. The normalized spacial score (nSPS) is 13.1. The first-order valence-corrected chi connectivity index (χ1v) is 11.0. The number of carbonyl (C=O) groups is 1. The van der Waals surface area contributed by atoms with Crippen LogP contribution in [0.25, 0.3) is 44.6 Å². The molecule has 0 saturated heterocycles. The first-order chi connectivity index (χ1) is 17.0. The fraction of sp³-hybridized carbons (Fsp3) is 0.160. The summed E-state index contributed by atoms with van der Waals surface area (Å²) < 4.78 is 21.0. The van der Waals surface area contributed by atoms with Crippen LogP contribution in [0.5, 0.6) is 0 Å². The number of hydrogen-bond donors (Lipinski definition) is 2. The summed E-state index contributed by atoms with van der Waals surface area (Å²) in [6, 6.07) is 0.859. The van der Waals surface area contributed by atoms with E-state index in [0.717, 1.165) is 22.7 Å². The lowest BCUT2D eigenvalue weighted by Crippen LogP contribution is -2.25. The first-order valence-electron chi connectivity index (χ1n) is 11.0. The van der Waals surface area contributed by atoms with Crippen molar-refractivity contribution in [3.63, 3.8) is 0 Å². The molecule has 9 nitrogen and oxygen atoms in total.